The highest BCUT2D eigenvalue weighted by molar-refractivity contribution is 6.30. The number of carboxylic acids is 1. The van der Waals surface area contributed by atoms with Gasteiger partial charge in [-0.05, 0) is 35.9 Å². The first-order chi connectivity index (χ1) is 10.5. The Balaban J connectivity index is 1.85. The van der Waals surface area contributed by atoms with Crippen LogP contribution < -0.4 is 5.32 Å². The molecule has 0 spiro atoms. The van der Waals surface area contributed by atoms with Crippen molar-refractivity contribution in [1.82, 2.24) is 25.5 Å². The lowest BCUT2D eigenvalue weighted by atomic mass is 10.2. The minimum Gasteiger partial charge on any atom is -0.481 e. The predicted octanol–water partition coefficient (Wildman–Crippen LogP) is 0.974. The molecule has 2 aromatic rings. The number of rotatable bonds is 7. The maximum absolute atomic E-state index is 11.6. The molecule has 2 N–H and O–H groups in total. The number of amides is 1. The van der Waals surface area contributed by atoms with Crippen LogP contribution in [0.3, 0.4) is 0 Å². The molecule has 0 fully saturated rings. The van der Waals surface area contributed by atoms with E-state index in [0.717, 1.165) is 5.56 Å². The summed E-state index contributed by atoms with van der Waals surface area (Å²) in [5.74, 6) is -0.791. The standard InChI is InChI=1S/C13H14ClN5O3/c14-10-5-3-9(4-6-10)13-16-18-19(17-13)8-11(20)15-7-1-2-12(21)22/h3-6H,1-2,7-8H2,(H,15,20)(H,21,22). The van der Waals surface area contributed by atoms with Crippen molar-refractivity contribution >= 4 is 23.5 Å². The maximum Gasteiger partial charge on any atom is 0.303 e. The van der Waals surface area contributed by atoms with E-state index >= 15 is 0 Å². The number of nitrogens with zero attached hydrogens (tertiary/aromatic N) is 4. The molecule has 0 aliphatic heterocycles. The fraction of sp³-hybridized carbons (Fsp3) is 0.308. The van der Waals surface area contributed by atoms with Crippen molar-refractivity contribution in [2.45, 2.75) is 19.4 Å². The fourth-order valence-corrected chi connectivity index (χ4v) is 1.80. The Morgan fingerprint density at radius 2 is 2.00 bits per heavy atom. The van der Waals surface area contributed by atoms with Gasteiger partial charge in [0.1, 0.15) is 6.54 Å². The highest BCUT2D eigenvalue weighted by Gasteiger charge is 2.09. The molecule has 0 saturated carbocycles. The van der Waals surface area contributed by atoms with Gasteiger partial charge < -0.3 is 10.4 Å². The van der Waals surface area contributed by atoms with Gasteiger partial charge in [-0.25, -0.2) is 0 Å². The lowest BCUT2D eigenvalue weighted by Crippen LogP contribution is -2.29. The smallest absolute Gasteiger partial charge is 0.303 e. The zero-order chi connectivity index (χ0) is 15.9. The monoisotopic (exact) mass is 323 g/mol. The van der Waals surface area contributed by atoms with Gasteiger partial charge in [0, 0.05) is 23.6 Å². The van der Waals surface area contributed by atoms with E-state index in [1.165, 1.54) is 4.80 Å². The van der Waals surface area contributed by atoms with Gasteiger partial charge in [0.25, 0.3) is 0 Å². The van der Waals surface area contributed by atoms with Crippen LogP contribution in [0, 0.1) is 0 Å². The lowest BCUT2D eigenvalue weighted by Gasteiger charge is -2.02. The van der Waals surface area contributed by atoms with Crippen molar-refractivity contribution in [3.05, 3.63) is 29.3 Å². The predicted molar refractivity (Wildman–Crippen MR) is 78.1 cm³/mol. The van der Waals surface area contributed by atoms with Crippen molar-refractivity contribution in [2.75, 3.05) is 6.54 Å². The second kappa shape index (κ2) is 7.51. The van der Waals surface area contributed by atoms with Crippen LogP contribution in [0.15, 0.2) is 24.3 Å². The quantitative estimate of drug-likeness (QED) is 0.735. The molecule has 0 aliphatic carbocycles. The number of benzene rings is 1. The molecule has 1 heterocycles. The number of carboxylic acid groups (broad SMARTS) is 1. The van der Waals surface area contributed by atoms with Crippen LogP contribution in [0.1, 0.15) is 12.8 Å². The fourth-order valence-electron chi connectivity index (χ4n) is 1.68. The van der Waals surface area contributed by atoms with Crippen LogP contribution in [0.4, 0.5) is 0 Å². The number of aromatic nitrogens is 4. The van der Waals surface area contributed by atoms with Gasteiger partial charge >= 0.3 is 5.97 Å². The third kappa shape index (κ3) is 4.81. The van der Waals surface area contributed by atoms with Gasteiger partial charge in [0.05, 0.1) is 0 Å². The molecule has 0 radical (unpaired) electrons. The summed E-state index contributed by atoms with van der Waals surface area (Å²) in [6.07, 6.45) is 0.393. The van der Waals surface area contributed by atoms with E-state index in [1.807, 2.05) is 0 Å². The highest BCUT2D eigenvalue weighted by atomic mass is 35.5. The first-order valence-electron chi connectivity index (χ1n) is 6.57. The third-order valence-corrected chi connectivity index (χ3v) is 2.98. The molecule has 22 heavy (non-hydrogen) atoms. The third-order valence-electron chi connectivity index (χ3n) is 2.73. The Hall–Kier alpha value is -2.48. The van der Waals surface area contributed by atoms with Crippen molar-refractivity contribution < 1.29 is 14.7 Å². The summed E-state index contributed by atoms with van der Waals surface area (Å²) in [6, 6.07) is 6.95. The van der Waals surface area contributed by atoms with Gasteiger partial charge in [-0.15, -0.1) is 10.2 Å². The lowest BCUT2D eigenvalue weighted by molar-refractivity contribution is -0.137. The van der Waals surface area contributed by atoms with E-state index in [4.69, 9.17) is 16.7 Å². The number of halogens is 1. The molecule has 9 heteroatoms. The zero-order valence-electron chi connectivity index (χ0n) is 11.6. The van der Waals surface area contributed by atoms with Crippen LogP contribution in [-0.4, -0.2) is 43.7 Å². The molecular formula is C13H14ClN5O3. The summed E-state index contributed by atoms with van der Waals surface area (Å²) in [4.78, 5) is 23.2. The molecule has 116 valence electrons. The second-order valence-corrected chi connectivity index (χ2v) is 4.93. The highest BCUT2D eigenvalue weighted by Crippen LogP contribution is 2.16. The van der Waals surface area contributed by atoms with E-state index in [-0.39, 0.29) is 18.9 Å². The van der Waals surface area contributed by atoms with Crippen molar-refractivity contribution in [1.29, 1.82) is 0 Å². The van der Waals surface area contributed by atoms with Gasteiger partial charge in [0.15, 0.2) is 0 Å². The Labute approximate surface area is 131 Å². The largest absolute Gasteiger partial charge is 0.481 e. The number of tetrazole rings is 1. The summed E-state index contributed by atoms with van der Waals surface area (Å²) in [7, 11) is 0. The zero-order valence-corrected chi connectivity index (χ0v) is 12.3. The number of nitrogens with one attached hydrogen (secondary N) is 1. The van der Waals surface area contributed by atoms with E-state index in [1.54, 1.807) is 24.3 Å². The molecule has 1 aromatic heterocycles. The number of hydrogen-bond donors (Lipinski definition) is 2. The van der Waals surface area contributed by atoms with Crippen molar-refractivity contribution in [2.24, 2.45) is 0 Å². The van der Waals surface area contributed by atoms with Gasteiger partial charge in [-0.3, -0.25) is 9.59 Å². The first-order valence-corrected chi connectivity index (χ1v) is 6.94. The Morgan fingerprint density at radius 1 is 1.27 bits per heavy atom. The molecule has 0 atom stereocenters. The SMILES string of the molecule is O=C(O)CCCNC(=O)Cn1nnc(-c2ccc(Cl)cc2)n1. The topological polar surface area (TPSA) is 110 Å². The Morgan fingerprint density at radius 3 is 2.68 bits per heavy atom. The molecular weight excluding hydrogens is 310 g/mol. The number of carbonyl (C=O) groups excluding carboxylic acids is 1. The Bertz CT molecular complexity index is 656. The van der Waals surface area contributed by atoms with Crippen LogP contribution in [0.5, 0.6) is 0 Å². The van der Waals surface area contributed by atoms with Crippen molar-refractivity contribution in [3.63, 3.8) is 0 Å². The average Bonchev–Trinajstić information content (AvgIpc) is 2.92. The summed E-state index contributed by atoms with van der Waals surface area (Å²) < 4.78 is 0. The van der Waals surface area contributed by atoms with Crippen LogP contribution in [0.2, 0.25) is 5.02 Å². The van der Waals surface area contributed by atoms with Crippen LogP contribution in [0.25, 0.3) is 11.4 Å². The van der Waals surface area contributed by atoms with Crippen LogP contribution >= 0.6 is 11.6 Å². The molecule has 8 nitrogen and oxygen atoms in total. The minimum absolute atomic E-state index is 0.0164. The summed E-state index contributed by atoms with van der Waals surface area (Å²) in [5, 5.41) is 23.5. The molecule has 1 amide bonds. The van der Waals surface area contributed by atoms with Gasteiger partial charge in [-0.1, -0.05) is 11.6 Å². The van der Waals surface area contributed by atoms with Crippen LogP contribution in [-0.2, 0) is 16.1 Å². The molecule has 0 aliphatic rings. The number of aliphatic carboxylic acids is 1. The Kier molecular flexibility index (Phi) is 5.42. The normalized spacial score (nSPS) is 10.4. The molecule has 0 bridgehead atoms. The van der Waals surface area contributed by atoms with E-state index in [0.29, 0.717) is 23.8 Å². The summed E-state index contributed by atoms with van der Waals surface area (Å²) in [6.45, 7) is 0.220. The van der Waals surface area contributed by atoms with E-state index < -0.39 is 5.97 Å². The molecule has 0 saturated heterocycles. The molecule has 2 rings (SSSR count). The van der Waals surface area contributed by atoms with Gasteiger partial charge in [0.2, 0.25) is 11.7 Å². The van der Waals surface area contributed by atoms with Crippen molar-refractivity contribution in [3.8, 4) is 11.4 Å². The maximum atomic E-state index is 11.6. The van der Waals surface area contributed by atoms with E-state index in [2.05, 4.69) is 20.7 Å². The van der Waals surface area contributed by atoms with Gasteiger partial charge in [-0.2, -0.15) is 4.80 Å². The molecule has 1 aromatic carbocycles. The van der Waals surface area contributed by atoms with E-state index in [9.17, 15) is 9.59 Å². The number of carbonyl (C=O) groups is 2. The first kappa shape index (κ1) is 15.9. The summed E-state index contributed by atoms with van der Waals surface area (Å²) >= 11 is 5.80. The number of hydrogen-bond acceptors (Lipinski definition) is 5. The average molecular weight is 324 g/mol. The second-order valence-electron chi connectivity index (χ2n) is 4.50. The molecule has 0 unspecified atom stereocenters. The summed E-state index contributed by atoms with van der Waals surface area (Å²) in [5.41, 5.74) is 0.748. The minimum atomic E-state index is -0.889.